The molecule has 1 unspecified atom stereocenters. The van der Waals surface area contributed by atoms with Crippen molar-refractivity contribution in [1.29, 1.82) is 0 Å². The van der Waals surface area contributed by atoms with Gasteiger partial charge in [0.15, 0.2) is 16.2 Å². The number of fused-ring (bicyclic) bond motifs is 1. The molecule has 1 aromatic carbocycles. The molecule has 2 aromatic heterocycles. The van der Waals surface area contributed by atoms with E-state index in [4.69, 9.17) is 16.3 Å². The molecular formula is C17H14ClN3O3S. The molecule has 0 saturated heterocycles. The van der Waals surface area contributed by atoms with Crippen LogP contribution in [-0.2, 0) is 14.3 Å². The van der Waals surface area contributed by atoms with Crippen molar-refractivity contribution in [1.82, 2.24) is 9.38 Å². The highest BCUT2D eigenvalue weighted by Crippen LogP contribution is 2.22. The van der Waals surface area contributed by atoms with Crippen LogP contribution < -0.4 is 5.32 Å². The zero-order chi connectivity index (χ0) is 17.8. The molecule has 0 fully saturated rings. The lowest BCUT2D eigenvalue weighted by atomic mass is 10.3. The number of amides is 1. The Balaban J connectivity index is 1.61. The van der Waals surface area contributed by atoms with Gasteiger partial charge in [-0.2, -0.15) is 0 Å². The fraction of sp³-hybridized carbons (Fsp3) is 0.118. The number of rotatable bonds is 5. The van der Waals surface area contributed by atoms with E-state index in [1.54, 1.807) is 34.9 Å². The van der Waals surface area contributed by atoms with Crippen molar-refractivity contribution in [3.8, 4) is 0 Å². The second-order valence-corrected chi connectivity index (χ2v) is 6.34. The second-order valence-electron chi connectivity index (χ2n) is 5.11. The molecule has 1 amide bonds. The molecule has 8 heteroatoms. The zero-order valence-corrected chi connectivity index (χ0v) is 14.8. The Morgan fingerprint density at radius 3 is 2.88 bits per heavy atom. The largest absolute Gasteiger partial charge is 0.449 e. The fourth-order valence-electron chi connectivity index (χ4n) is 2.11. The van der Waals surface area contributed by atoms with E-state index in [0.717, 1.165) is 4.96 Å². The summed E-state index contributed by atoms with van der Waals surface area (Å²) in [5.41, 5.74) is 1.22. The number of aromatic nitrogens is 2. The number of hydrogen-bond acceptors (Lipinski definition) is 5. The molecular weight excluding hydrogens is 362 g/mol. The Hall–Kier alpha value is -2.64. The lowest BCUT2D eigenvalue weighted by Gasteiger charge is -2.12. The first kappa shape index (κ1) is 17.2. The minimum Gasteiger partial charge on any atom is -0.449 e. The molecule has 0 radical (unpaired) electrons. The van der Waals surface area contributed by atoms with Gasteiger partial charge in [-0.05, 0) is 25.1 Å². The number of nitrogens with one attached hydrogen (secondary N) is 1. The summed E-state index contributed by atoms with van der Waals surface area (Å²) >= 11 is 7.48. The van der Waals surface area contributed by atoms with Crippen molar-refractivity contribution >= 4 is 51.5 Å². The molecule has 2 heterocycles. The van der Waals surface area contributed by atoms with Crippen LogP contribution >= 0.6 is 22.9 Å². The standard InChI is InChI=1S/C17H14ClN3O3S/c1-11(16(23)19-12-5-3-2-4-6-12)24-14(22)8-7-13-15(18)20-17-21(13)9-10-25-17/h2-11H,1H3,(H,19,23)/b8-7+. The Kier molecular flexibility index (Phi) is 5.16. The molecule has 128 valence electrons. The molecule has 25 heavy (non-hydrogen) atoms. The van der Waals surface area contributed by atoms with E-state index in [1.165, 1.54) is 30.4 Å². The summed E-state index contributed by atoms with van der Waals surface area (Å²) in [5, 5.41) is 4.83. The van der Waals surface area contributed by atoms with Gasteiger partial charge in [-0.3, -0.25) is 9.20 Å². The maximum atomic E-state index is 12.0. The second kappa shape index (κ2) is 7.50. The summed E-state index contributed by atoms with van der Waals surface area (Å²) in [5.74, 6) is -1.05. The van der Waals surface area contributed by atoms with Crippen LogP contribution in [-0.4, -0.2) is 27.4 Å². The van der Waals surface area contributed by atoms with Crippen molar-refractivity contribution < 1.29 is 14.3 Å². The maximum absolute atomic E-state index is 12.0. The van der Waals surface area contributed by atoms with Crippen LogP contribution in [0.25, 0.3) is 11.0 Å². The monoisotopic (exact) mass is 375 g/mol. The van der Waals surface area contributed by atoms with Crippen molar-refractivity contribution in [2.24, 2.45) is 0 Å². The fourth-order valence-corrected chi connectivity index (χ4v) is 3.11. The van der Waals surface area contributed by atoms with Crippen LogP contribution in [0.5, 0.6) is 0 Å². The number of para-hydroxylation sites is 1. The molecule has 0 aliphatic carbocycles. The number of carbonyl (C=O) groups is 2. The van der Waals surface area contributed by atoms with Gasteiger partial charge in [0.1, 0.15) is 0 Å². The number of imidazole rings is 1. The average Bonchev–Trinajstić information content (AvgIpc) is 3.14. The Bertz CT molecular complexity index is 933. The highest BCUT2D eigenvalue weighted by Gasteiger charge is 2.17. The van der Waals surface area contributed by atoms with Crippen molar-refractivity contribution in [2.45, 2.75) is 13.0 Å². The number of thiazole rings is 1. The highest BCUT2D eigenvalue weighted by molar-refractivity contribution is 7.15. The van der Waals surface area contributed by atoms with E-state index in [9.17, 15) is 9.59 Å². The van der Waals surface area contributed by atoms with Gasteiger partial charge in [0.25, 0.3) is 5.91 Å². The third kappa shape index (κ3) is 4.07. The number of nitrogens with zero attached hydrogens (tertiary/aromatic N) is 2. The molecule has 6 nitrogen and oxygen atoms in total. The molecule has 0 saturated carbocycles. The van der Waals surface area contributed by atoms with Crippen LogP contribution in [0.3, 0.4) is 0 Å². The summed E-state index contributed by atoms with van der Waals surface area (Å²) in [4.78, 5) is 28.9. The van der Waals surface area contributed by atoms with E-state index in [-0.39, 0.29) is 0 Å². The number of carbonyl (C=O) groups excluding carboxylic acids is 2. The van der Waals surface area contributed by atoms with Crippen molar-refractivity contribution in [3.63, 3.8) is 0 Å². The average molecular weight is 376 g/mol. The molecule has 0 spiro atoms. The maximum Gasteiger partial charge on any atom is 0.331 e. The van der Waals surface area contributed by atoms with Crippen LogP contribution in [0.15, 0.2) is 48.0 Å². The van der Waals surface area contributed by atoms with E-state index >= 15 is 0 Å². The number of benzene rings is 1. The quantitative estimate of drug-likeness (QED) is 0.546. The number of esters is 1. The first-order chi connectivity index (χ1) is 12.0. The number of anilines is 1. The smallest absolute Gasteiger partial charge is 0.331 e. The van der Waals surface area contributed by atoms with E-state index in [2.05, 4.69) is 10.3 Å². The molecule has 1 atom stereocenters. The van der Waals surface area contributed by atoms with Crippen molar-refractivity contribution in [2.75, 3.05) is 5.32 Å². The van der Waals surface area contributed by atoms with Gasteiger partial charge in [0.2, 0.25) is 0 Å². The summed E-state index contributed by atoms with van der Waals surface area (Å²) in [6.45, 7) is 1.51. The molecule has 3 aromatic rings. The number of hydrogen-bond donors (Lipinski definition) is 1. The molecule has 0 bridgehead atoms. The van der Waals surface area contributed by atoms with Crippen molar-refractivity contribution in [3.05, 3.63) is 58.8 Å². The van der Waals surface area contributed by atoms with Crippen LogP contribution in [0, 0.1) is 0 Å². The van der Waals surface area contributed by atoms with Gasteiger partial charge in [0.05, 0.1) is 5.69 Å². The van der Waals surface area contributed by atoms with Gasteiger partial charge in [-0.15, -0.1) is 11.3 Å². The van der Waals surface area contributed by atoms with Crippen LogP contribution in [0.2, 0.25) is 5.15 Å². The molecule has 3 rings (SSSR count). The minimum absolute atomic E-state index is 0.297. The normalized spacial score (nSPS) is 12.4. The third-order valence-electron chi connectivity index (χ3n) is 3.33. The van der Waals surface area contributed by atoms with Crippen LogP contribution in [0.4, 0.5) is 5.69 Å². The van der Waals surface area contributed by atoms with Gasteiger partial charge in [-0.1, -0.05) is 29.8 Å². The summed E-state index contributed by atoms with van der Waals surface area (Å²) in [7, 11) is 0. The highest BCUT2D eigenvalue weighted by atomic mass is 35.5. The predicted molar refractivity (Wildman–Crippen MR) is 97.7 cm³/mol. The number of halogens is 1. The third-order valence-corrected chi connectivity index (χ3v) is 4.37. The van der Waals surface area contributed by atoms with E-state index in [1.807, 2.05) is 11.4 Å². The zero-order valence-electron chi connectivity index (χ0n) is 13.2. The van der Waals surface area contributed by atoms with Gasteiger partial charge < -0.3 is 10.1 Å². The lowest BCUT2D eigenvalue weighted by Crippen LogP contribution is -2.29. The van der Waals surface area contributed by atoms with Gasteiger partial charge in [-0.25, -0.2) is 9.78 Å². The van der Waals surface area contributed by atoms with E-state index < -0.39 is 18.0 Å². The topological polar surface area (TPSA) is 72.7 Å². The Labute approximate surface area is 152 Å². The first-order valence-electron chi connectivity index (χ1n) is 7.40. The summed E-state index contributed by atoms with van der Waals surface area (Å²) in [6, 6.07) is 8.95. The Morgan fingerprint density at radius 1 is 1.36 bits per heavy atom. The minimum atomic E-state index is -0.931. The summed E-state index contributed by atoms with van der Waals surface area (Å²) < 4.78 is 6.87. The molecule has 1 N–H and O–H groups in total. The molecule has 0 aliphatic heterocycles. The number of ether oxygens (including phenoxy) is 1. The van der Waals surface area contributed by atoms with Gasteiger partial charge >= 0.3 is 5.97 Å². The molecule has 0 aliphatic rings. The SMILES string of the molecule is CC(OC(=O)/C=C/c1c(Cl)nc2sccn12)C(=O)Nc1ccccc1. The summed E-state index contributed by atoms with van der Waals surface area (Å²) in [6.07, 6.45) is 3.61. The predicted octanol–water partition coefficient (Wildman–Crippen LogP) is 3.63. The van der Waals surface area contributed by atoms with Crippen LogP contribution in [0.1, 0.15) is 12.6 Å². The van der Waals surface area contributed by atoms with Gasteiger partial charge in [0, 0.05) is 23.3 Å². The lowest BCUT2D eigenvalue weighted by molar-refractivity contribution is -0.148. The Morgan fingerprint density at radius 2 is 2.12 bits per heavy atom. The van der Waals surface area contributed by atoms with E-state index in [0.29, 0.717) is 16.5 Å². The first-order valence-corrected chi connectivity index (χ1v) is 8.66.